The molecule has 3 aromatic rings. The number of nitrogens with zero attached hydrogens (tertiary/aromatic N) is 4. The molecule has 1 aromatic heterocycles. The van der Waals surface area contributed by atoms with E-state index in [1.54, 1.807) is 24.3 Å². The number of carbonyl (C=O) groups excluding carboxylic acids is 1. The summed E-state index contributed by atoms with van der Waals surface area (Å²) in [5, 5.41) is 3.30. The van der Waals surface area contributed by atoms with Crippen LogP contribution in [0.15, 0.2) is 42.5 Å². The van der Waals surface area contributed by atoms with Gasteiger partial charge >= 0.3 is 0 Å². The summed E-state index contributed by atoms with van der Waals surface area (Å²) in [7, 11) is -3.15. The molecule has 1 amide bonds. The molecule has 4 rings (SSSR count). The van der Waals surface area contributed by atoms with E-state index in [4.69, 9.17) is 16.6 Å². The van der Waals surface area contributed by atoms with Crippen molar-refractivity contribution in [3.63, 3.8) is 0 Å². The molecule has 170 valence electrons. The molecule has 10 heteroatoms. The number of piperazine rings is 1. The van der Waals surface area contributed by atoms with Crippen molar-refractivity contribution in [2.24, 2.45) is 0 Å². The highest BCUT2D eigenvalue weighted by molar-refractivity contribution is 7.88. The second-order valence-corrected chi connectivity index (χ2v) is 10.2. The fourth-order valence-corrected chi connectivity index (χ4v) is 5.04. The maximum atomic E-state index is 12.6. The van der Waals surface area contributed by atoms with E-state index in [1.807, 2.05) is 18.2 Å². The van der Waals surface area contributed by atoms with E-state index in [1.165, 1.54) is 10.6 Å². The van der Waals surface area contributed by atoms with Gasteiger partial charge in [-0.2, -0.15) is 4.31 Å². The summed E-state index contributed by atoms with van der Waals surface area (Å²) in [5.74, 6) is 0.652. The van der Waals surface area contributed by atoms with Gasteiger partial charge in [0.1, 0.15) is 5.82 Å². The SMILES string of the molecule is CCn1c(CN2CCN(S(C)(=O)=O)CC2)nc2cc(NC(=O)c3ccccc3Cl)ccc21. The zero-order chi connectivity index (χ0) is 22.9. The van der Waals surface area contributed by atoms with Crippen LogP contribution < -0.4 is 5.32 Å². The fraction of sp³-hybridized carbons (Fsp3) is 0.364. The second-order valence-electron chi connectivity index (χ2n) is 7.85. The predicted molar refractivity (Wildman–Crippen MR) is 127 cm³/mol. The van der Waals surface area contributed by atoms with Crippen LogP contribution >= 0.6 is 11.6 Å². The Morgan fingerprint density at radius 1 is 1.12 bits per heavy atom. The van der Waals surface area contributed by atoms with Crippen LogP contribution in [0.5, 0.6) is 0 Å². The number of aryl methyl sites for hydroxylation is 1. The molecular weight excluding hydrogens is 450 g/mol. The zero-order valence-corrected chi connectivity index (χ0v) is 19.7. The summed E-state index contributed by atoms with van der Waals surface area (Å²) >= 11 is 6.13. The minimum absolute atomic E-state index is 0.270. The molecule has 0 radical (unpaired) electrons. The highest BCUT2D eigenvalue weighted by Crippen LogP contribution is 2.23. The van der Waals surface area contributed by atoms with Gasteiger partial charge in [-0.3, -0.25) is 9.69 Å². The molecule has 1 N–H and O–H groups in total. The molecular formula is C22H26ClN5O3S. The van der Waals surface area contributed by atoms with E-state index in [0.29, 0.717) is 49.0 Å². The number of aromatic nitrogens is 2. The van der Waals surface area contributed by atoms with Gasteiger partial charge in [0, 0.05) is 38.4 Å². The van der Waals surface area contributed by atoms with E-state index in [0.717, 1.165) is 23.4 Å². The van der Waals surface area contributed by atoms with Crippen LogP contribution in [-0.4, -0.2) is 65.5 Å². The summed E-state index contributed by atoms with van der Waals surface area (Å²) in [4.78, 5) is 19.6. The van der Waals surface area contributed by atoms with Crippen molar-refractivity contribution in [3.8, 4) is 0 Å². The van der Waals surface area contributed by atoms with Crippen molar-refractivity contribution < 1.29 is 13.2 Å². The van der Waals surface area contributed by atoms with Crippen molar-refractivity contribution in [1.82, 2.24) is 18.8 Å². The number of halogens is 1. The molecule has 1 aliphatic rings. The summed E-state index contributed by atoms with van der Waals surface area (Å²) in [6, 6.07) is 12.6. The van der Waals surface area contributed by atoms with Gasteiger partial charge in [0.25, 0.3) is 5.91 Å². The lowest BCUT2D eigenvalue weighted by Crippen LogP contribution is -2.48. The van der Waals surface area contributed by atoms with Gasteiger partial charge in [-0.25, -0.2) is 13.4 Å². The van der Waals surface area contributed by atoms with E-state index < -0.39 is 10.0 Å². The summed E-state index contributed by atoms with van der Waals surface area (Å²) in [6.45, 7) is 5.78. The van der Waals surface area contributed by atoms with Gasteiger partial charge < -0.3 is 9.88 Å². The zero-order valence-electron chi connectivity index (χ0n) is 18.1. The van der Waals surface area contributed by atoms with Gasteiger partial charge in [-0.05, 0) is 37.3 Å². The van der Waals surface area contributed by atoms with E-state index in [9.17, 15) is 13.2 Å². The van der Waals surface area contributed by atoms with Gasteiger partial charge in [0.15, 0.2) is 0 Å². The normalized spacial score (nSPS) is 15.8. The maximum absolute atomic E-state index is 12.6. The molecule has 0 aliphatic carbocycles. The quantitative estimate of drug-likeness (QED) is 0.592. The van der Waals surface area contributed by atoms with Gasteiger partial charge in [-0.1, -0.05) is 23.7 Å². The van der Waals surface area contributed by atoms with Crippen molar-refractivity contribution in [3.05, 3.63) is 58.9 Å². The number of sulfonamides is 1. The van der Waals surface area contributed by atoms with Crippen LogP contribution in [0, 0.1) is 0 Å². The van der Waals surface area contributed by atoms with Crippen molar-refractivity contribution in [1.29, 1.82) is 0 Å². The Hall–Kier alpha value is -2.46. The molecule has 0 bridgehead atoms. The molecule has 32 heavy (non-hydrogen) atoms. The molecule has 2 aromatic carbocycles. The Kier molecular flexibility index (Phi) is 6.52. The Morgan fingerprint density at radius 3 is 2.50 bits per heavy atom. The largest absolute Gasteiger partial charge is 0.327 e. The summed E-state index contributed by atoms with van der Waals surface area (Å²) < 4.78 is 27.1. The Morgan fingerprint density at radius 2 is 1.84 bits per heavy atom. The average Bonchev–Trinajstić information content (AvgIpc) is 3.09. The topological polar surface area (TPSA) is 87.5 Å². The number of fused-ring (bicyclic) bond motifs is 1. The molecule has 0 unspecified atom stereocenters. The van der Waals surface area contributed by atoms with Crippen LogP contribution in [0.1, 0.15) is 23.1 Å². The number of nitrogens with one attached hydrogen (secondary N) is 1. The van der Waals surface area contributed by atoms with Gasteiger partial charge in [-0.15, -0.1) is 0 Å². The minimum atomic E-state index is -3.15. The number of carbonyl (C=O) groups is 1. The predicted octanol–water partition coefficient (Wildman–Crippen LogP) is 3.04. The van der Waals surface area contributed by atoms with Gasteiger partial charge in [0.05, 0.1) is 34.4 Å². The van der Waals surface area contributed by atoms with Crippen LogP contribution in [0.4, 0.5) is 5.69 Å². The summed E-state index contributed by atoms with van der Waals surface area (Å²) in [6.07, 6.45) is 1.25. The number of rotatable bonds is 6. The third-order valence-corrected chi connectivity index (χ3v) is 7.32. The lowest BCUT2D eigenvalue weighted by atomic mass is 10.2. The molecule has 1 fully saturated rings. The van der Waals surface area contributed by atoms with Crippen molar-refractivity contribution >= 4 is 44.3 Å². The second kappa shape index (κ2) is 9.19. The van der Waals surface area contributed by atoms with Gasteiger partial charge in [0.2, 0.25) is 10.0 Å². The van der Waals surface area contributed by atoms with Crippen LogP contribution in [0.3, 0.4) is 0 Å². The number of anilines is 1. The third kappa shape index (κ3) is 4.80. The number of benzene rings is 2. The first-order chi connectivity index (χ1) is 15.3. The fourth-order valence-electron chi connectivity index (χ4n) is 3.99. The van der Waals surface area contributed by atoms with Crippen molar-refractivity contribution in [2.45, 2.75) is 20.0 Å². The molecule has 8 nitrogen and oxygen atoms in total. The number of hydrogen-bond acceptors (Lipinski definition) is 5. The third-order valence-electron chi connectivity index (χ3n) is 5.69. The minimum Gasteiger partial charge on any atom is -0.327 e. The van der Waals surface area contributed by atoms with Crippen LogP contribution in [0.25, 0.3) is 11.0 Å². The van der Waals surface area contributed by atoms with Crippen LogP contribution in [0.2, 0.25) is 5.02 Å². The Labute approximate surface area is 192 Å². The molecule has 0 spiro atoms. The highest BCUT2D eigenvalue weighted by Gasteiger charge is 2.24. The molecule has 0 atom stereocenters. The van der Waals surface area contributed by atoms with E-state index in [2.05, 4.69) is 21.7 Å². The standard InChI is InChI=1S/C22H26ClN5O3S/c1-3-28-20-9-8-16(24-22(29)17-6-4-5-7-18(17)23)14-19(20)25-21(28)15-26-10-12-27(13-11-26)32(2,30)31/h4-9,14H,3,10-13,15H2,1-2H3,(H,24,29). The molecule has 1 aliphatic heterocycles. The van der Waals surface area contributed by atoms with Crippen LogP contribution in [-0.2, 0) is 23.1 Å². The number of imidazole rings is 1. The lowest BCUT2D eigenvalue weighted by Gasteiger charge is -2.32. The first kappa shape index (κ1) is 22.7. The number of amides is 1. The summed E-state index contributed by atoms with van der Waals surface area (Å²) in [5.41, 5.74) is 2.86. The van der Waals surface area contributed by atoms with E-state index >= 15 is 0 Å². The Balaban J connectivity index is 1.51. The maximum Gasteiger partial charge on any atom is 0.257 e. The highest BCUT2D eigenvalue weighted by atomic mass is 35.5. The lowest BCUT2D eigenvalue weighted by molar-refractivity contribution is 0.102. The van der Waals surface area contributed by atoms with E-state index in [-0.39, 0.29) is 5.91 Å². The molecule has 0 saturated carbocycles. The monoisotopic (exact) mass is 475 g/mol. The molecule has 2 heterocycles. The first-order valence-corrected chi connectivity index (χ1v) is 12.7. The van der Waals surface area contributed by atoms with Crippen molar-refractivity contribution in [2.75, 3.05) is 37.8 Å². The average molecular weight is 476 g/mol. The number of hydrogen-bond donors (Lipinski definition) is 1. The smallest absolute Gasteiger partial charge is 0.257 e. The first-order valence-electron chi connectivity index (χ1n) is 10.5. The Bertz CT molecular complexity index is 1250. The molecule has 1 saturated heterocycles.